The molecule has 0 bridgehead atoms. The monoisotopic (exact) mass is 700 g/mol. The van der Waals surface area contributed by atoms with E-state index in [0.717, 1.165) is 64.3 Å². The van der Waals surface area contributed by atoms with Gasteiger partial charge in [-0.1, -0.05) is 77.7 Å². The summed E-state index contributed by atoms with van der Waals surface area (Å²) in [5, 5.41) is 14.7. The molecular weight excluding hydrogens is 664 g/mol. The van der Waals surface area contributed by atoms with Gasteiger partial charge in [0.25, 0.3) is 5.69 Å². The van der Waals surface area contributed by atoms with Gasteiger partial charge in [-0.25, -0.2) is 8.42 Å². The van der Waals surface area contributed by atoms with Gasteiger partial charge in [0.2, 0.25) is 21.8 Å². The Bertz CT molecular complexity index is 1610. The van der Waals surface area contributed by atoms with Crippen molar-refractivity contribution in [2.75, 3.05) is 24.2 Å². The van der Waals surface area contributed by atoms with E-state index < -0.39 is 33.4 Å². The number of ether oxygens (including phenoxy) is 1. The smallest absolute Gasteiger partial charge is 0.271 e. The third kappa shape index (κ3) is 9.27. The molecule has 0 saturated heterocycles. The molecular formula is C32H37BrN4O7S. The van der Waals surface area contributed by atoms with Crippen LogP contribution in [0.2, 0.25) is 0 Å². The Balaban J connectivity index is 1.78. The zero-order valence-electron chi connectivity index (χ0n) is 25.2. The molecule has 1 unspecified atom stereocenters. The van der Waals surface area contributed by atoms with Crippen LogP contribution in [0.4, 0.5) is 11.4 Å². The number of hydrogen-bond donors (Lipinski definition) is 1. The Morgan fingerprint density at radius 2 is 1.71 bits per heavy atom. The number of nitrogens with zero attached hydrogens (tertiary/aromatic N) is 3. The average molecular weight is 702 g/mol. The van der Waals surface area contributed by atoms with Crippen LogP contribution in [0.3, 0.4) is 0 Å². The molecule has 45 heavy (non-hydrogen) atoms. The summed E-state index contributed by atoms with van der Waals surface area (Å²) in [5.74, 6) is -0.949. The molecule has 0 radical (unpaired) electrons. The maximum atomic E-state index is 14.4. The number of hydrogen-bond acceptors (Lipinski definition) is 7. The van der Waals surface area contributed by atoms with Crippen molar-refractivity contribution >= 4 is 49.1 Å². The number of methoxy groups -OCH3 is 1. The first kappa shape index (κ1) is 33.9. The molecule has 1 aliphatic carbocycles. The highest BCUT2D eigenvalue weighted by Gasteiger charge is 2.35. The highest BCUT2D eigenvalue weighted by Crippen LogP contribution is 2.34. The second-order valence-corrected chi connectivity index (χ2v) is 13.9. The minimum Gasteiger partial charge on any atom is -0.495 e. The first-order chi connectivity index (χ1) is 21.5. The summed E-state index contributed by atoms with van der Waals surface area (Å²) in [6.07, 6.45) is 5.91. The topological polar surface area (TPSA) is 139 Å². The van der Waals surface area contributed by atoms with E-state index in [1.54, 1.807) is 0 Å². The van der Waals surface area contributed by atoms with Crippen LogP contribution in [0, 0.1) is 10.1 Å². The molecule has 0 aliphatic heterocycles. The van der Waals surface area contributed by atoms with Crippen molar-refractivity contribution in [1.29, 1.82) is 0 Å². The molecule has 4 rings (SSSR count). The number of anilines is 1. The highest BCUT2D eigenvalue weighted by molar-refractivity contribution is 9.10. The lowest BCUT2D eigenvalue weighted by Crippen LogP contribution is -2.55. The summed E-state index contributed by atoms with van der Waals surface area (Å²) in [6.45, 7) is -0.704. The van der Waals surface area contributed by atoms with Crippen molar-refractivity contribution in [3.05, 3.63) is 98.5 Å². The van der Waals surface area contributed by atoms with Crippen molar-refractivity contribution in [2.24, 2.45) is 0 Å². The van der Waals surface area contributed by atoms with Gasteiger partial charge >= 0.3 is 0 Å². The molecule has 3 aromatic carbocycles. The number of amides is 2. The standard InChI is InChI=1S/C32H37BrN4O7S/c1-44-30-17-16-27(37(40)41)20-28(30)36(45(2,42)43)22-31(38)35(21-24-12-9-13-25(33)18-24)29(19-23-10-5-3-6-11-23)32(39)34-26-14-7-4-8-15-26/h3,5-6,9-13,16-18,20,26,29H,4,7-8,14-15,19,21-22H2,1-2H3,(H,34,39). The SMILES string of the molecule is COc1ccc([N+](=O)[O-])cc1N(CC(=O)N(Cc1cccc(Br)c1)C(Cc1ccccc1)C(=O)NC1CCCCC1)S(C)(=O)=O. The van der Waals surface area contributed by atoms with Crippen molar-refractivity contribution in [3.63, 3.8) is 0 Å². The van der Waals surface area contributed by atoms with Gasteiger partial charge in [-0.2, -0.15) is 0 Å². The van der Waals surface area contributed by atoms with Gasteiger partial charge in [-0.05, 0) is 42.2 Å². The zero-order chi connectivity index (χ0) is 32.6. The molecule has 2 amide bonds. The molecule has 0 heterocycles. The third-order valence-electron chi connectivity index (χ3n) is 7.79. The van der Waals surface area contributed by atoms with Crippen LogP contribution >= 0.6 is 15.9 Å². The molecule has 240 valence electrons. The Morgan fingerprint density at radius 3 is 2.33 bits per heavy atom. The van der Waals surface area contributed by atoms with E-state index in [0.29, 0.717) is 0 Å². The lowest BCUT2D eigenvalue weighted by molar-refractivity contribution is -0.384. The number of benzene rings is 3. The predicted molar refractivity (Wildman–Crippen MR) is 175 cm³/mol. The van der Waals surface area contributed by atoms with Gasteiger partial charge in [-0.15, -0.1) is 0 Å². The average Bonchev–Trinajstić information content (AvgIpc) is 3.01. The molecule has 1 atom stereocenters. The minimum atomic E-state index is -4.15. The number of sulfonamides is 1. The van der Waals surface area contributed by atoms with Crippen LogP contribution in [-0.2, 0) is 32.6 Å². The van der Waals surface area contributed by atoms with Gasteiger partial charge < -0.3 is 15.0 Å². The fourth-order valence-electron chi connectivity index (χ4n) is 5.51. The predicted octanol–water partition coefficient (Wildman–Crippen LogP) is 5.22. The van der Waals surface area contributed by atoms with E-state index >= 15 is 0 Å². The Morgan fingerprint density at radius 1 is 1.02 bits per heavy atom. The molecule has 11 nitrogen and oxygen atoms in total. The Hall–Kier alpha value is -3.97. The number of rotatable bonds is 13. The van der Waals surface area contributed by atoms with Gasteiger partial charge in [0.1, 0.15) is 24.0 Å². The maximum absolute atomic E-state index is 14.4. The van der Waals surface area contributed by atoms with Gasteiger partial charge in [0.15, 0.2) is 0 Å². The lowest BCUT2D eigenvalue weighted by atomic mass is 9.94. The molecule has 1 fully saturated rings. The second kappa shape index (κ2) is 15.3. The number of nitro groups is 1. The van der Waals surface area contributed by atoms with E-state index in [1.807, 2.05) is 54.6 Å². The quantitative estimate of drug-likeness (QED) is 0.191. The van der Waals surface area contributed by atoms with E-state index in [-0.39, 0.29) is 42.0 Å². The first-order valence-corrected chi connectivity index (χ1v) is 17.3. The molecule has 1 saturated carbocycles. The largest absolute Gasteiger partial charge is 0.495 e. The third-order valence-corrected chi connectivity index (χ3v) is 9.41. The fourth-order valence-corrected chi connectivity index (χ4v) is 6.80. The fraction of sp³-hybridized carbons (Fsp3) is 0.375. The van der Waals surface area contributed by atoms with Crippen LogP contribution in [-0.4, -0.2) is 62.0 Å². The van der Waals surface area contributed by atoms with Crippen molar-refractivity contribution in [1.82, 2.24) is 10.2 Å². The van der Waals surface area contributed by atoms with Crippen LogP contribution in [0.5, 0.6) is 5.75 Å². The molecule has 1 aliphatic rings. The highest BCUT2D eigenvalue weighted by atomic mass is 79.9. The summed E-state index contributed by atoms with van der Waals surface area (Å²) in [6, 6.07) is 19.2. The number of non-ortho nitro benzene ring substituents is 1. The molecule has 0 spiro atoms. The van der Waals surface area contributed by atoms with E-state index in [9.17, 15) is 28.1 Å². The summed E-state index contributed by atoms with van der Waals surface area (Å²) in [5.41, 5.74) is 1.02. The van der Waals surface area contributed by atoms with Crippen LogP contribution < -0.4 is 14.4 Å². The van der Waals surface area contributed by atoms with E-state index in [4.69, 9.17) is 4.74 Å². The summed E-state index contributed by atoms with van der Waals surface area (Å²) in [7, 11) is -2.85. The van der Waals surface area contributed by atoms with Crippen LogP contribution in [0.15, 0.2) is 77.3 Å². The Labute approximate surface area is 271 Å². The van der Waals surface area contributed by atoms with Crippen molar-refractivity contribution < 1.29 is 27.7 Å². The van der Waals surface area contributed by atoms with Crippen molar-refractivity contribution in [2.45, 2.75) is 57.2 Å². The van der Waals surface area contributed by atoms with E-state index in [1.165, 1.54) is 24.1 Å². The lowest BCUT2D eigenvalue weighted by Gasteiger charge is -2.35. The summed E-state index contributed by atoms with van der Waals surface area (Å²) < 4.78 is 33.2. The number of carbonyl (C=O) groups is 2. The van der Waals surface area contributed by atoms with Gasteiger partial charge in [-0.3, -0.25) is 24.0 Å². The normalized spacial score (nSPS) is 14.3. The number of nitro benzene ring substituents is 1. The zero-order valence-corrected chi connectivity index (χ0v) is 27.6. The number of nitrogens with one attached hydrogen (secondary N) is 1. The van der Waals surface area contributed by atoms with Crippen LogP contribution in [0.1, 0.15) is 43.2 Å². The number of carbonyl (C=O) groups excluding carboxylic acids is 2. The summed E-state index contributed by atoms with van der Waals surface area (Å²) in [4.78, 5) is 40.7. The van der Waals surface area contributed by atoms with E-state index in [2.05, 4.69) is 21.2 Å². The minimum absolute atomic E-state index is 0.0114. The van der Waals surface area contributed by atoms with Crippen LogP contribution in [0.25, 0.3) is 0 Å². The second-order valence-electron chi connectivity index (χ2n) is 11.1. The number of halogens is 1. The molecule has 0 aromatic heterocycles. The van der Waals surface area contributed by atoms with Gasteiger partial charge in [0, 0.05) is 35.6 Å². The van der Waals surface area contributed by atoms with Crippen molar-refractivity contribution in [3.8, 4) is 5.75 Å². The first-order valence-electron chi connectivity index (χ1n) is 14.6. The Kier molecular flexibility index (Phi) is 11.6. The molecule has 13 heteroatoms. The van der Waals surface area contributed by atoms with Gasteiger partial charge in [0.05, 0.1) is 18.3 Å². The maximum Gasteiger partial charge on any atom is 0.271 e. The summed E-state index contributed by atoms with van der Waals surface area (Å²) >= 11 is 3.47. The molecule has 1 N–H and O–H groups in total. The molecule has 3 aromatic rings.